The summed E-state index contributed by atoms with van der Waals surface area (Å²) in [5, 5.41) is 12.2. The van der Waals surface area contributed by atoms with Gasteiger partial charge in [-0.3, -0.25) is 0 Å². The summed E-state index contributed by atoms with van der Waals surface area (Å²) >= 11 is 0. The van der Waals surface area contributed by atoms with E-state index in [1.165, 1.54) is 13.2 Å². The lowest BCUT2D eigenvalue weighted by Gasteiger charge is -2.26. The third kappa shape index (κ3) is 3.51. The molecule has 0 spiro atoms. The van der Waals surface area contributed by atoms with Gasteiger partial charge in [-0.2, -0.15) is 15.0 Å². The predicted octanol–water partition coefficient (Wildman–Crippen LogP) is 1.16. The minimum absolute atomic E-state index is 0.129. The average Bonchev–Trinajstić information content (AvgIpc) is 2.62. The topological polar surface area (TPSA) is 110 Å². The van der Waals surface area contributed by atoms with Crippen molar-refractivity contribution >= 4 is 23.6 Å². The van der Waals surface area contributed by atoms with Crippen LogP contribution in [0.2, 0.25) is 0 Å². The molecule has 2 N–H and O–H groups in total. The van der Waals surface area contributed by atoms with Gasteiger partial charge in [-0.15, -0.1) is 0 Å². The number of ether oxygens (including phenoxy) is 2. The molecule has 1 aromatic heterocycles. The van der Waals surface area contributed by atoms with Crippen molar-refractivity contribution in [2.45, 2.75) is 0 Å². The molecule has 2 aromatic rings. The number of carboxylic acids is 1. The van der Waals surface area contributed by atoms with Crippen LogP contribution in [0.5, 0.6) is 6.01 Å². The predicted molar refractivity (Wildman–Crippen MR) is 86.1 cm³/mol. The number of morpholine rings is 1. The molecule has 9 heteroatoms. The molecule has 9 nitrogen and oxygen atoms in total. The lowest BCUT2D eigenvalue weighted by molar-refractivity contribution is 0.0698. The Bertz CT molecular complexity index is 734. The molecule has 0 unspecified atom stereocenters. The largest absolute Gasteiger partial charge is 0.478 e. The smallest absolute Gasteiger partial charge is 0.337 e. The van der Waals surface area contributed by atoms with Gasteiger partial charge in [0.25, 0.3) is 0 Å². The van der Waals surface area contributed by atoms with Gasteiger partial charge in [0.15, 0.2) is 0 Å². The van der Waals surface area contributed by atoms with Crippen LogP contribution >= 0.6 is 0 Å². The zero-order chi connectivity index (χ0) is 16.9. The highest BCUT2D eigenvalue weighted by atomic mass is 16.5. The average molecular weight is 331 g/mol. The van der Waals surface area contributed by atoms with E-state index in [0.29, 0.717) is 37.9 Å². The Balaban J connectivity index is 1.91. The molecule has 0 amide bonds. The summed E-state index contributed by atoms with van der Waals surface area (Å²) < 4.78 is 10.4. The third-order valence-corrected chi connectivity index (χ3v) is 3.48. The fourth-order valence-electron chi connectivity index (χ4n) is 2.30. The van der Waals surface area contributed by atoms with Gasteiger partial charge < -0.3 is 24.8 Å². The van der Waals surface area contributed by atoms with Gasteiger partial charge in [0, 0.05) is 13.1 Å². The Kier molecular flexibility index (Phi) is 4.71. The van der Waals surface area contributed by atoms with Crippen LogP contribution in [0.25, 0.3) is 0 Å². The van der Waals surface area contributed by atoms with Crippen molar-refractivity contribution in [3.8, 4) is 6.01 Å². The Morgan fingerprint density at radius 3 is 2.71 bits per heavy atom. The van der Waals surface area contributed by atoms with Crippen molar-refractivity contribution in [3.63, 3.8) is 0 Å². The summed E-state index contributed by atoms with van der Waals surface area (Å²) in [5.41, 5.74) is 0.524. The van der Waals surface area contributed by atoms with E-state index in [2.05, 4.69) is 20.3 Å². The second-order valence-electron chi connectivity index (χ2n) is 5.02. The summed E-state index contributed by atoms with van der Waals surface area (Å²) in [4.78, 5) is 26.0. The van der Waals surface area contributed by atoms with Crippen molar-refractivity contribution in [3.05, 3.63) is 29.8 Å². The Morgan fingerprint density at radius 1 is 1.25 bits per heavy atom. The number of aromatic carboxylic acids is 1. The lowest BCUT2D eigenvalue weighted by atomic mass is 10.2. The number of nitrogens with one attached hydrogen (secondary N) is 1. The first kappa shape index (κ1) is 15.9. The molecule has 2 heterocycles. The molecule has 0 saturated carbocycles. The monoisotopic (exact) mass is 331 g/mol. The van der Waals surface area contributed by atoms with Gasteiger partial charge in [-0.05, 0) is 12.1 Å². The summed E-state index contributed by atoms with van der Waals surface area (Å²) in [6.45, 7) is 2.52. The van der Waals surface area contributed by atoms with E-state index in [9.17, 15) is 9.90 Å². The van der Waals surface area contributed by atoms with E-state index < -0.39 is 5.97 Å². The van der Waals surface area contributed by atoms with Gasteiger partial charge in [0.2, 0.25) is 11.9 Å². The molecule has 1 fully saturated rings. The number of carbonyl (C=O) groups is 1. The van der Waals surface area contributed by atoms with E-state index >= 15 is 0 Å². The summed E-state index contributed by atoms with van der Waals surface area (Å²) in [6.07, 6.45) is 0. The van der Waals surface area contributed by atoms with Crippen LogP contribution in [0.15, 0.2) is 24.3 Å². The number of carboxylic acid groups (broad SMARTS) is 1. The number of anilines is 3. The molecule has 126 valence electrons. The van der Waals surface area contributed by atoms with Crippen LogP contribution in [0.4, 0.5) is 17.6 Å². The Morgan fingerprint density at radius 2 is 2.00 bits per heavy atom. The zero-order valence-corrected chi connectivity index (χ0v) is 13.1. The summed E-state index contributed by atoms with van der Waals surface area (Å²) in [7, 11) is 1.47. The first-order valence-corrected chi connectivity index (χ1v) is 7.39. The molecule has 0 atom stereocenters. The maximum absolute atomic E-state index is 11.3. The van der Waals surface area contributed by atoms with Crippen LogP contribution in [-0.4, -0.2) is 59.4 Å². The maximum Gasteiger partial charge on any atom is 0.337 e. The molecule has 0 bridgehead atoms. The lowest BCUT2D eigenvalue weighted by Crippen LogP contribution is -2.37. The SMILES string of the molecule is COc1nc(Nc2ccccc2C(=O)O)nc(N2CCOCC2)n1. The van der Waals surface area contributed by atoms with Crippen molar-refractivity contribution in [2.75, 3.05) is 43.6 Å². The molecule has 0 aliphatic carbocycles. The fourth-order valence-corrected chi connectivity index (χ4v) is 2.30. The van der Waals surface area contributed by atoms with Gasteiger partial charge in [-0.1, -0.05) is 12.1 Å². The first-order chi connectivity index (χ1) is 11.7. The van der Waals surface area contributed by atoms with E-state index in [-0.39, 0.29) is 17.5 Å². The minimum atomic E-state index is -1.03. The highest BCUT2D eigenvalue weighted by Gasteiger charge is 2.18. The molecule has 1 aromatic carbocycles. The number of hydrogen-bond acceptors (Lipinski definition) is 8. The number of rotatable bonds is 5. The quantitative estimate of drug-likeness (QED) is 0.833. The normalized spacial score (nSPS) is 14.3. The number of nitrogens with zero attached hydrogens (tertiary/aromatic N) is 4. The molecule has 3 rings (SSSR count). The third-order valence-electron chi connectivity index (χ3n) is 3.48. The van der Waals surface area contributed by atoms with Crippen LogP contribution in [0, 0.1) is 0 Å². The second-order valence-corrected chi connectivity index (χ2v) is 5.02. The molecule has 1 saturated heterocycles. The summed E-state index contributed by atoms with van der Waals surface area (Å²) in [5.74, 6) is -0.356. The van der Waals surface area contributed by atoms with Crippen LogP contribution in [-0.2, 0) is 4.74 Å². The number of hydrogen-bond donors (Lipinski definition) is 2. The van der Waals surface area contributed by atoms with Crippen LogP contribution in [0.1, 0.15) is 10.4 Å². The zero-order valence-electron chi connectivity index (χ0n) is 13.1. The van der Waals surface area contributed by atoms with E-state index in [0.717, 1.165) is 0 Å². The van der Waals surface area contributed by atoms with Crippen molar-refractivity contribution < 1.29 is 19.4 Å². The summed E-state index contributed by atoms with van der Waals surface area (Å²) in [6, 6.07) is 6.69. The first-order valence-electron chi connectivity index (χ1n) is 7.39. The highest BCUT2D eigenvalue weighted by molar-refractivity contribution is 5.94. The van der Waals surface area contributed by atoms with Crippen LogP contribution < -0.4 is 15.0 Å². The number of aromatic nitrogens is 3. The van der Waals surface area contributed by atoms with Gasteiger partial charge >= 0.3 is 12.0 Å². The van der Waals surface area contributed by atoms with Gasteiger partial charge in [-0.25, -0.2) is 4.79 Å². The van der Waals surface area contributed by atoms with Crippen LogP contribution in [0.3, 0.4) is 0 Å². The van der Waals surface area contributed by atoms with Crippen molar-refractivity contribution in [1.29, 1.82) is 0 Å². The Hall–Kier alpha value is -2.94. The fraction of sp³-hybridized carbons (Fsp3) is 0.333. The van der Waals surface area contributed by atoms with E-state index in [4.69, 9.17) is 9.47 Å². The number of para-hydroxylation sites is 1. The van der Waals surface area contributed by atoms with Crippen molar-refractivity contribution in [1.82, 2.24) is 15.0 Å². The molecule has 0 radical (unpaired) electrons. The van der Waals surface area contributed by atoms with Crippen molar-refractivity contribution in [2.24, 2.45) is 0 Å². The molecule has 1 aliphatic heterocycles. The second kappa shape index (κ2) is 7.09. The number of benzene rings is 1. The molecular weight excluding hydrogens is 314 g/mol. The maximum atomic E-state index is 11.3. The molecule has 1 aliphatic rings. The standard InChI is InChI=1S/C15H17N5O4/c1-23-15-18-13(16-11-5-3-2-4-10(11)12(21)22)17-14(19-15)20-6-8-24-9-7-20/h2-5H,6-9H2,1H3,(H,21,22)(H,16,17,18,19). The van der Waals surface area contributed by atoms with Gasteiger partial charge in [0.05, 0.1) is 31.6 Å². The van der Waals surface area contributed by atoms with E-state index in [1.807, 2.05) is 4.90 Å². The highest BCUT2D eigenvalue weighted by Crippen LogP contribution is 2.22. The molecule has 24 heavy (non-hydrogen) atoms. The van der Waals surface area contributed by atoms with E-state index in [1.54, 1.807) is 18.2 Å². The van der Waals surface area contributed by atoms with Gasteiger partial charge in [0.1, 0.15) is 0 Å². The number of methoxy groups -OCH3 is 1. The minimum Gasteiger partial charge on any atom is -0.478 e. The molecular formula is C15H17N5O4. The Labute approximate surface area is 138 Å².